The van der Waals surface area contributed by atoms with Crippen molar-refractivity contribution in [1.82, 2.24) is 5.32 Å². The van der Waals surface area contributed by atoms with E-state index in [1.54, 1.807) is 0 Å². The highest BCUT2D eigenvalue weighted by Gasteiger charge is 2.51. The van der Waals surface area contributed by atoms with Gasteiger partial charge >= 0.3 is 0 Å². The van der Waals surface area contributed by atoms with Gasteiger partial charge in [0.1, 0.15) is 48.8 Å². The average Bonchev–Trinajstić information content (AvgIpc) is 3.22. The highest BCUT2D eigenvalue weighted by atomic mass is 16.7. The minimum absolute atomic E-state index is 0.210. The monoisotopic (exact) mass is 836 g/mol. The van der Waals surface area contributed by atoms with Gasteiger partial charge in [-0.05, 0) is 12.8 Å². The third-order valence-corrected chi connectivity index (χ3v) is 11.8. The summed E-state index contributed by atoms with van der Waals surface area (Å²) in [6.45, 7) is 2.81. The number of hydrogen-bond donors (Lipinski definition) is 9. The van der Waals surface area contributed by atoms with Gasteiger partial charge in [0.2, 0.25) is 5.91 Å². The number of ether oxygens (including phenoxy) is 4. The summed E-state index contributed by atoms with van der Waals surface area (Å²) in [5, 5.41) is 86.5. The molecule has 12 atom stereocenters. The summed E-state index contributed by atoms with van der Waals surface area (Å²) >= 11 is 0. The minimum atomic E-state index is -1.78. The molecule has 344 valence electrons. The van der Waals surface area contributed by atoms with Crippen LogP contribution in [0.5, 0.6) is 0 Å². The summed E-state index contributed by atoms with van der Waals surface area (Å²) in [7, 11) is 0. The molecule has 0 spiro atoms. The number of unbranched alkanes of at least 4 members (excludes halogenated alkanes) is 22. The Kier molecular flexibility index (Phi) is 29.9. The van der Waals surface area contributed by atoms with Crippen LogP contribution in [0.2, 0.25) is 0 Å². The molecule has 0 bridgehead atoms. The van der Waals surface area contributed by atoms with E-state index in [4.69, 9.17) is 18.9 Å². The van der Waals surface area contributed by atoms with E-state index in [-0.39, 0.29) is 12.5 Å². The second-order valence-electron chi connectivity index (χ2n) is 16.9. The van der Waals surface area contributed by atoms with Crippen molar-refractivity contribution in [2.24, 2.45) is 0 Å². The summed E-state index contributed by atoms with van der Waals surface area (Å²) < 4.78 is 22.7. The molecule has 14 heteroatoms. The van der Waals surface area contributed by atoms with Gasteiger partial charge < -0.3 is 65.1 Å². The fourth-order valence-corrected chi connectivity index (χ4v) is 7.94. The first-order valence-corrected chi connectivity index (χ1v) is 23.3. The maximum Gasteiger partial charge on any atom is 0.220 e. The SMILES string of the molecule is CCCCCCCCCCCCCCCCC[C@@H](O)[C@H](CO[C@@H]1O[C@H](CO)[C@@H](O[C@@H]2O[C@H](CO)[C@H](O)C(O)C2O)C(O)C1O)NC(=O)CCCCCCCCCCC. The molecule has 58 heavy (non-hydrogen) atoms. The molecule has 2 rings (SSSR count). The summed E-state index contributed by atoms with van der Waals surface area (Å²) in [6, 6.07) is -0.818. The largest absolute Gasteiger partial charge is 0.394 e. The van der Waals surface area contributed by atoms with Crippen molar-refractivity contribution in [1.29, 1.82) is 0 Å². The van der Waals surface area contributed by atoms with Crippen LogP contribution < -0.4 is 5.32 Å². The number of hydrogen-bond acceptors (Lipinski definition) is 13. The molecule has 0 aromatic rings. The molecule has 4 unspecified atom stereocenters. The van der Waals surface area contributed by atoms with Gasteiger partial charge in [-0.1, -0.05) is 162 Å². The van der Waals surface area contributed by atoms with Crippen molar-refractivity contribution in [3.63, 3.8) is 0 Å². The zero-order chi connectivity index (χ0) is 42.5. The second kappa shape index (κ2) is 32.7. The predicted octanol–water partition coefficient (Wildman–Crippen LogP) is 4.66. The van der Waals surface area contributed by atoms with E-state index in [1.807, 2.05) is 0 Å². The first kappa shape index (κ1) is 53.1. The molecule has 2 saturated heterocycles. The number of amides is 1. The van der Waals surface area contributed by atoms with Gasteiger partial charge in [0.15, 0.2) is 12.6 Å². The lowest BCUT2D eigenvalue weighted by Crippen LogP contribution is -2.65. The lowest BCUT2D eigenvalue weighted by atomic mass is 9.97. The van der Waals surface area contributed by atoms with Crippen LogP contribution in [-0.4, -0.2) is 140 Å². The molecule has 14 nitrogen and oxygen atoms in total. The molecule has 2 fully saturated rings. The molecule has 9 N–H and O–H groups in total. The lowest BCUT2D eigenvalue weighted by molar-refractivity contribution is -0.359. The Balaban J connectivity index is 1.86. The van der Waals surface area contributed by atoms with Gasteiger partial charge in [0, 0.05) is 6.42 Å². The quantitative estimate of drug-likeness (QED) is 0.0397. The van der Waals surface area contributed by atoms with Crippen LogP contribution in [0.1, 0.15) is 181 Å². The number of carbonyl (C=O) groups excluding carboxylic acids is 1. The molecule has 2 aliphatic heterocycles. The zero-order valence-corrected chi connectivity index (χ0v) is 36.1. The first-order valence-electron chi connectivity index (χ1n) is 23.3. The van der Waals surface area contributed by atoms with Gasteiger partial charge in [-0.25, -0.2) is 0 Å². The van der Waals surface area contributed by atoms with E-state index in [0.717, 1.165) is 51.4 Å². The molecule has 0 radical (unpaired) electrons. The van der Waals surface area contributed by atoms with Crippen LogP contribution in [-0.2, 0) is 23.7 Å². The van der Waals surface area contributed by atoms with Crippen molar-refractivity contribution < 1.29 is 64.6 Å². The van der Waals surface area contributed by atoms with Crippen LogP contribution in [0.15, 0.2) is 0 Å². The summed E-state index contributed by atoms with van der Waals surface area (Å²) in [6.07, 6.45) is 12.6. The Bertz CT molecular complexity index is 993. The molecule has 0 aromatic carbocycles. The van der Waals surface area contributed by atoms with Crippen molar-refractivity contribution in [2.75, 3.05) is 19.8 Å². The zero-order valence-electron chi connectivity index (χ0n) is 36.1. The predicted molar refractivity (Wildman–Crippen MR) is 222 cm³/mol. The van der Waals surface area contributed by atoms with Gasteiger partial charge in [0.25, 0.3) is 0 Å². The fraction of sp³-hybridized carbons (Fsp3) is 0.977. The molecule has 2 aliphatic rings. The van der Waals surface area contributed by atoms with E-state index in [0.29, 0.717) is 12.8 Å². The topological polar surface area (TPSA) is 228 Å². The Morgan fingerprint density at radius 1 is 0.552 bits per heavy atom. The lowest BCUT2D eigenvalue weighted by Gasteiger charge is -2.46. The highest BCUT2D eigenvalue weighted by molar-refractivity contribution is 5.76. The van der Waals surface area contributed by atoms with E-state index < -0.39 is 86.8 Å². The number of carbonyl (C=O) groups is 1. The minimum Gasteiger partial charge on any atom is -0.394 e. The van der Waals surface area contributed by atoms with E-state index in [1.165, 1.54) is 103 Å². The van der Waals surface area contributed by atoms with Gasteiger partial charge in [0.05, 0.1) is 32.0 Å². The van der Waals surface area contributed by atoms with Gasteiger partial charge in [-0.15, -0.1) is 0 Å². The van der Waals surface area contributed by atoms with Crippen LogP contribution in [0.4, 0.5) is 0 Å². The van der Waals surface area contributed by atoms with Crippen LogP contribution >= 0.6 is 0 Å². The molecule has 0 aromatic heterocycles. The Labute approximate surface area is 349 Å². The van der Waals surface area contributed by atoms with Crippen molar-refractivity contribution in [3.8, 4) is 0 Å². The normalized spacial score (nSPS) is 28.7. The third kappa shape index (κ3) is 20.7. The standard InChI is InChI=1S/C44H85NO13/c1-3-5-7-9-11-13-14-15-16-17-18-20-21-23-25-27-33(48)32(45-36(49)28-26-24-22-19-12-10-8-6-4-2)31-55-43-41(54)39(52)42(35(30-47)57-43)58-44-40(53)38(51)37(50)34(29-46)56-44/h32-35,37-44,46-48,50-54H,3-31H2,1-2H3,(H,45,49)/t32-,33+,34+,35+,37-,38?,39?,40?,41?,42+,43+,44-/m0/s1. The number of rotatable bonds is 35. The van der Waals surface area contributed by atoms with E-state index >= 15 is 0 Å². The van der Waals surface area contributed by atoms with Crippen LogP contribution in [0.25, 0.3) is 0 Å². The maximum absolute atomic E-state index is 13.1. The van der Waals surface area contributed by atoms with Gasteiger partial charge in [-0.3, -0.25) is 4.79 Å². The molecular formula is C44H85NO13. The molecular weight excluding hydrogens is 750 g/mol. The Morgan fingerprint density at radius 3 is 1.47 bits per heavy atom. The fourth-order valence-electron chi connectivity index (χ4n) is 7.94. The maximum atomic E-state index is 13.1. The van der Waals surface area contributed by atoms with Crippen LogP contribution in [0, 0.1) is 0 Å². The van der Waals surface area contributed by atoms with Crippen molar-refractivity contribution >= 4 is 5.91 Å². The van der Waals surface area contributed by atoms with Crippen molar-refractivity contribution in [3.05, 3.63) is 0 Å². The summed E-state index contributed by atoms with van der Waals surface area (Å²) in [5.41, 5.74) is 0. The van der Waals surface area contributed by atoms with E-state index in [2.05, 4.69) is 19.2 Å². The second-order valence-corrected chi connectivity index (χ2v) is 16.9. The Morgan fingerprint density at radius 2 is 0.983 bits per heavy atom. The molecule has 2 heterocycles. The van der Waals surface area contributed by atoms with E-state index in [9.17, 15) is 45.6 Å². The molecule has 0 aliphatic carbocycles. The summed E-state index contributed by atoms with van der Waals surface area (Å²) in [4.78, 5) is 13.1. The number of aliphatic hydroxyl groups excluding tert-OH is 8. The average molecular weight is 836 g/mol. The third-order valence-electron chi connectivity index (χ3n) is 11.8. The molecule has 1 amide bonds. The molecule has 0 saturated carbocycles. The Hall–Kier alpha value is -1.01. The highest BCUT2D eigenvalue weighted by Crippen LogP contribution is 2.30. The first-order chi connectivity index (χ1) is 28.1. The van der Waals surface area contributed by atoms with Crippen LogP contribution in [0.3, 0.4) is 0 Å². The number of aliphatic hydroxyl groups is 8. The number of nitrogens with one attached hydrogen (secondary N) is 1. The smallest absolute Gasteiger partial charge is 0.220 e. The summed E-state index contributed by atoms with van der Waals surface area (Å²) in [5.74, 6) is -0.210. The van der Waals surface area contributed by atoms with Crippen molar-refractivity contribution in [2.45, 2.75) is 254 Å². The van der Waals surface area contributed by atoms with Gasteiger partial charge in [-0.2, -0.15) is 0 Å².